The van der Waals surface area contributed by atoms with Crippen LogP contribution in [0.2, 0.25) is 0 Å². The van der Waals surface area contributed by atoms with E-state index in [2.05, 4.69) is 14.3 Å². The van der Waals surface area contributed by atoms with E-state index in [-0.39, 0.29) is 21.5 Å². The number of hydrogen-bond acceptors (Lipinski definition) is 8. The van der Waals surface area contributed by atoms with Gasteiger partial charge in [0.1, 0.15) is 5.82 Å². The molecule has 2 N–H and O–H groups in total. The molecule has 10 heteroatoms. The Morgan fingerprint density at radius 1 is 1.24 bits per heavy atom. The number of nitrogens with two attached hydrogens (primary N) is 1. The van der Waals surface area contributed by atoms with Crippen LogP contribution in [0.5, 0.6) is 0 Å². The Labute approximate surface area is 171 Å². The van der Waals surface area contributed by atoms with Gasteiger partial charge in [0.05, 0.1) is 16.5 Å². The van der Waals surface area contributed by atoms with Crippen LogP contribution in [0.3, 0.4) is 0 Å². The van der Waals surface area contributed by atoms with E-state index in [1.165, 1.54) is 4.40 Å². The van der Waals surface area contributed by atoms with Gasteiger partial charge in [-0.15, -0.1) is 0 Å². The van der Waals surface area contributed by atoms with Gasteiger partial charge in [0.25, 0.3) is 5.56 Å². The zero-order valence-electron chi connectivity index (χ0n) is 16.3. The molecular weight excluding hydrogens is 410 g/mol. The van der Waals surface area contributed by atoms with Crippen LogP contribution < -0.4 is 11.3 Å². The van der Waals surface area contributed by atoms with Gasteiger partial charge in [0.2, 0.25) is 20.0 Å². The Balaban J connectivity index is 2.00. The number of fused-ring (bicyclic) bond motifs is 2. The molecule has 3 heterocycles. The molecule has 0 spiro atoms. The molecule has 0 radical (unpaired) electrons. The molecule has 1 aromatic carbocycles. The third-order valence-corrected chi connectivity index (χ3v) is 7.66. The van der Waals surface area contributed by atoms with Crippen molar-refractivity contribution < 1.29 is 8.42 Å². The van der Waals surface area contributed by atoms with Crippen molar-refractivity contribution in [1.29, 1.82) is 0 Å². The fourth-order valence-corrected chi connectivity index (χ4v) is 5.23. The third kappa shape index (κ3) is 2.99. The zero-order chi connectivity index (χ0) is 21.1. The molecule has 3 aromatic rings. The quantitative estimate of drug-likeness (QED) is 0.683. The van der Waals surface area contributed by atoms with Crippen LogP contribution in [0, 0.1) is 6.92 Å². The van der Waals surface area contributed by atoms with Crippen molar-refractivity contribution in [3.05, 3.63) is 45.2 Å². The first-order valence-corrected chi connectivity index (χ1v) is 11.2. The number of aromatic nitrogens is 3. The Hall–Kier alpha value is -2.85. The van der Waals surface area contributed by atoms with E-state index in [0.717, 1.165) is 39.6 Å². The van der Waals surface area contributed by atoms with Crippen LogP contribution in [0.25, 0.3) is 16.6 Å². The van der Waals surface area contributed by atoms with Crippen molar-refractivity contribution in [3.63, 3.8) is 0 Å². The lowest BCUT2D eigenvalue weighted by molar-refractivity contribution is 0.578. The maximum atomic E-state index is 12.7. The predicted octanol–water partition coefficient (Wildman–Crippen LogP) is 2.87. The standard InChI is InChI=1S/C19H19N5O3S2/c1-9(2)29(26,27)19-23-28-18-22-17(25)14(16(20)24(18)19)8-12-11(4)21-15-6-5-10(3)7-13(12)15/h5-9H,20H2,1-4H3/b12-8-. The van der Waals surface area contributed by atoms with Crippen molar-refractivity contribution in [1.82, 2.24) is 13.8 Å². The summed E-state index contributed by atoms with van der Waals surface area (Å²) in [6, 6.07) is 5.87. The second kappa shape index (κ2) is 6.60. The van der Waals surface area contributed by atoms with Gasteiger partial charge in [0.15, 0.2) is 0 Å². The van der Waals surface area contributed by atoms with Crippen LogP contribution >= 0.6 is 11.5 Å². The molecule has 1 aliphatic rings. The average molecular weight is 430 g/mol. The maximum Gasteiger partial charge on any atom is 0.283 e. The molecule has 0 atom stereocenters. The highest BCUT2D eigenvalue weighted by Crippen LogP contribution is 2.37. The summed E-state index contributed by atoms with van der Waals surface area (Å²) in [5, 5.41) is -0.891. The van der Waals surface area contributed by atoms with Crippen molar-refractivity contribution in [3.8, 4) is 0 Å². The Kier molecular flexibility index (Phi) is 4.43. The van der Waals surface area contributed by atoms with Gasteiger partial charge in [-0.05, 0) is 45.9 Å². The summed E-state index contributed by atoms with van der Waals surface area (Å²) >= 11 is 0.827. The summed E-state index contributed by atoms with van der Waals surface area (Å²) in [5.41, 5.74) is 10.1. The van der Waals surface area contributed by atoms with E-state index in [0.29, 0.717) is 0 Å². The van der Waals surface area contributed by atoms with Gasteiger partial charge in [-0.1, -0.05) is 11.6 Å². The number of nitrogen functional groups attached to an aromatic ring is 1. The highest BCUT2D eigenvalue weighted by Gasteiger charge is 2.28. The van der Waals surface area contributed by atoms with Gasteiger partial charge in [-0.3, -0.25) is 9.79 Å². The fourth-order valence-electron chi connectivity index (χ4n) is 3.15. The summed E-state index contributed by atoms with van der Waals surface area (Å²) in [6.07, 6.45) is 1.63. The smallest absolute Gasteiger partial charge is 0.283 e. The van der Waals surface area contributed by atoms with Crippen LogP contribution in [-0.2, 0) is 9.84 Å². The molecule has 1 aliphatic heterocycles. The monoisotopic (exact) mass is 429 g/mol. The summed E-state index contributed by atoms with van der Waals surface area (Å²) in [4.78, 5) is 21.3. The van der Waals surface area contributed by atoms with Crippen molar-refractivity contribution in [2.45, 2.75) is 38.1 Å². The zero-order valence-corrected chi connectivity index (χ0v) is 17.9. The summed E-state index contributed by atoms with van der Waals surface area (Å²) in [6.45, 7) is 6.95. The van der Waals surface area contributed by atoms with E-state index < -0.39 is 20.6 Å². The van der Waals surface area contributed by atoms with Gasteiger partial charge in [-0.25, -0.2) is 12.8 Å². The topological polar surface area (TPSA) is 120 Å². The third-order valence-electron chi connectivity index (χ3n) is 4.82. The predicted molar refractivity (Wildman–Crippen MR) is 116 cm³/mol. The van der Waals surface area contributed by atoms with Crippen LogP contribution in [-0.4, -0.2) is 33.1 Å². The molecule has 0 saturated heterocycles. The molecule has 0 saturated carbocycles. The first-order valence-electron chi connectivity index (χ1n) is 8.91. The van der Waals surface area contributed by atoms with Gasteiger partial charge in [-0.2, -0.15) is 9.36 Å². The number of aryl methyl sites for hydroxylation is 1. The molecule has 0 unspecified atom stereocenters. The van der Waals surface area contributed by atoms with Crippen molar-refractivity contribution in [2.75, 3.05) is 5.73 Å². The second-order valence-electron chi connectivity index (χ2n) is 7.17. The number of nitrogens with zero attached hydrogens (tertiary/aromatic N) is 4. The largest absolute Gasteiger partial charge is 0.384 e. The van der Waals surface area contributed by atoms with Crippen LogP contribution in [0.4, 0.5) is 11.5 Å². The SMILES string of the molecule is CC1=Nc2ccc(C)cc2/C1=C\c1c(N)n2c(S(=O)(=O)C(C)C)nsc2nc1=O. The van der Waals surface area contributed by atoms with E-state index in [1.807, 2.05) is 32.0 Å². The number of anilines is 1. The number of sulfone groups is 1. The van der Waals surface area contributed by atoms with E-state index in [4.69, 9.17) is 5.73 Å². The van der Waals surface area contributed by atoms with Crippen LogP contribution in [0.1, 0.15) is 37.5 Å². The minimum absolute atomic E-state index is 0.00521. The lowest BCUT2D eigenvalue weighted by Gasteiger charge is -2.09. The first kappa shape index (κ1) is 19.5. The van der Waals surface area contributed by atoms with Crippen LogP contribution in [0.15, 0.2) is 33.1 Å². The Morgan fingerprint density at radius 3 is 2.66 bits per heavy atom. The van der Waals surface area contributed by atoms with E-state index >= 15 is 0 Å². The van der Waals surface area contributed by atoms with Gasteiger partial charge >= 0.3 is 0 Å². The molecule has 0 fully saturated rings. The average Bonchev–Trinajstić information content (AvgIpc) is 3.20. The number of aliphatic imine (C=N–C) groups is 1. The molecule has 0 bridgehead atoms. The van der Waals surface area contributed by atoms with E-state index in [1.54, 1.807) is 19.9 Å². The fraction of sp³-hybridized carbons (Fsp3) is 0.263. The lowest BCUT2D eigenvalue weighted by atomic mass is 9.99. The molecule has 0 aliphatic carbocycles. The van der Waals surface area contributed by atoms with Crippen molar-refractivity contribution >= 4 is 55.2 Å². The first-order chi connectivity index (χ1) is 13.6. The lowest BCUT2D eigenvalue weighted by Crippen LogP contribution is -2.21. The summed E-state index contributed by atoms with van der Waals surface area (Å²) in [7, 11) is -3.71. The number of rotatable bonds is 3. The maximum absolute atomic E-state index is 12.7. The molecule has 150 valence electrons. The highest BCUT2D eigenvalue weighted by molar-refractivity contribution is 7.91. The van der Waals surface area contributed by atoms with Gasteiger partial charge < -0.3 is 5.73 Å². The van der Waals surface area contributed by atoms with Gasteiger partial charge in [0, 0.05) is 28.4 Å². The number of hydrogen-bond donors (Lipinski definition) is 1. The molecular formula is C19H19N5O3S2. The highest BCUT2D eigenvalue weighted by atomic mass is 32.2. The van der Waals surface area contributed by atoms with Crippen molar-refractivity contribution in [2.24, 2.45) is 4.99 Å². The molecule has 2 aromatic heterocycles. The normalized spacial score (nSPS) is 15.3. The minimum atomic E-state index is -3.71. The second-order valence-corrected chi connectivity index (χ2v) is 10.3. The minimum Gasteiger partial charge on any atom is -0.384 e. The molecule has 29 heavy (non-hydrogen) atoms. The molecule has 4 rings (SSSR count). The summed E-state index contributed by atoms with van der Waals surface area (Å²) in [5.74, 6) is -0.00521. The molecule has 0 amide bonds. The Morgan fingerprint density at radius 2 is 1.97 bits per heavy atom. The molecule has 8 nitrogen and oxygen atoms in total. The summed E-state index contributed by atoms with van der Waals surface area (Å²) < 4.78 is 30.6. The Bertz CT molecular complexity index is 1400. The number of allylic oxidation sites excluding steroid dienone is 1. The van der Waals surface area contributed by atoms with E-state index in [9.17, 15) is 13.2 Å². The number of benzene rings is 1.